The van der Waals surface area contributed by atoms with Crippen molar-refractivity contribution >= 4 is 34.2 Å². The van der Waals surface area contributed by atoms with Crippen molar-refractivity contribution in [2.75, 3.05) is 32.2 Å². The number of hydroxylamine groups is 1. The molecule has 1 fully saturated rings. The van der Waals surface area contributed by atoms with Crippen molar-refractivity contribution in [2.45, 2.75) is 25.4 Å². The van der Waals surface area contributed by atoms with Crippen LogP contribution in [-0.2, 0) is 15.9 Å². The number of rotatable bonds is 7. The molecule has 0 radical (unpaired) electrons. The van der Waals surface area contributed by atoms with Crippen LogP contribution in [-0.4, -0.2) is 60.1 Å². The van der Waals surface area contributed by atoms with Crippen molar-refractivity contribution in [2.24, 2.45) is 0 Å². The summed E-state index contributed by atoms with van der Waals surface area (Å²) < 4.78 is 22.4. The molecular formula is C30H28N4O7. The average Bonchev–Trinajstić information content (AvgIpc) is 3.50. The molecule has 3 N–H and O–H groups in total. The van der Waals surface area contributed by atoms with E-state index in [0.29, 0.717) is 47.8 Å². The molecule has 2 aromatic carbocycles. The molecule has 41 heavy (non-hydrogen) atoms. The molecule has 2 aliphatic rings. The lowest BCUT2D eigenvalue weighted by atomic mass is 10.0. The summed E-state index contributed by atoms with van der Waals surface area (Å²) in [4.78, 5) is 34.0. The van der Waals surface area contributed by atoms with E-state index in [1.807, 2.05) is 24.4 Å². The highest BCUT2D eigenvalue weighted by Gasteiger charge is 2.22. The maximum absolute atomic E-state index is 12.7. The third kappa shape index (κ3) is 5.37. The fourth-order valence-electron chi connectivity index (χ4n) is 5.14. The highest BCUT2D eigenvalue weighted by Crippen LogP contribution is 2.39. The second-order valence-electron chi connectivity index (χ2n) is 9.79. The number of benzene rings is 2. The summed E-state index contributed by atoms with van der Waals surface area (Å²) >= 11 is 0. The minimum absolute atomic E-state index is 0.0571. The molecule has 0 bridgehead atoms. The number of carbonyl (C=O) groups is 2. The van der Waals surface area contributed by atoms with Gasteiger partial charge in [0.05, 0.1) is 49.3 Å². The molecule has 1 amide bonds. The molecule has 0 aliphatic carbocycles. The van der Waals surface area contributed by atoms with Crippen molar-refractivity contribution in [3.63, 3.8) is 0 Å². The number of nitrogens with zero attached hydrogens (tertiary/aromatic N) is 2. The summed E-state index contributed by atoms with van der Waals surface area (Å²) in [7, 11) is 1.31. The topological polar surface area (TPSA) is 141 Å². The Kier molecular flexibility index (Phi) is 7.36. The summed E-state index contributed by atoms with van der Waals surface area (Å²) in [5.74, 6) is 0.00806. The largest absolute Gasteiger partial charge is 0.492 e. The molecule has 2 aliphatic heterocycles. The minimum Gasteiger partial charge on any atom is -0.492 e. The van der Waals surface area contributed by atoms with E-state index in [1.54, 1.807) is 29.9 Å². The summed E-state index contributed by atoms with van der Waals surface area (Å²) in [5, 5.41) is 13.3. The number of esters is 1. The van der Waals surface area contributed by atoms with Crippen molar-refractivity contribution < 1.29 is 33.7 Å². The molecule has 0 atom stereocenters. The van der Waals surface area contributed by atoms with E-state index in [2.05, 4.69) is 15.3 Å². The lowest BCUT2D eigenvalue weighted by Gasteiger charge is -2.24. The van der Waals surface area contributed by atoms with Gasteiger partial charge >= 0.3 is 5.97 Å². The Hall–Kier alpha value is -4.74. The van der Waals surface area contributed by atoms with Gasteiger partial charge in [-0.3, -0.25) is 20.0 Å². The first-order chi connectivity index (χ1) is 20.0. The Morgan fingerprint density at radius 3 is 2.71 bits per heavy atom. The number of fused-ring (bicyclic) bond motifs is 2. The molecule has 4 heterocycles. The molecular weight excluding hydrogens is 528 g/mol. The molecule has 1 saturated heterocycles. The zero-order valence-electron chi connectivity index (χ0n) is 22.3. The number of ether oxygens (including phenoxy) is 4. The van der Waals surface area contributed by atoms with Crippen molar-refractivity contribution in [1.82, 2.24) is 15.4 Å². The molecule has 11 heteroatoms. The van der Waals surface area contributed by atoms with E-state index in [1.165, 1.54) is 13.3 Å². The summed E-state index contributed by atoms with van der Waals surface area (Å²) in [6.07, 6.45) is 7.17. The second kappa shape index (κ2) is 11.4. The van der Waals surface area contributed by atoms with E-state index in [0.717, 1.165) is 41.7 Å². The van der Waals surface area contributed by atoms with Crippen LogP contribution in [0.2, 0.25) is 0 Å². The molecule has 11 nitrogen and oxygen atoms in total. The average molecular weight is 557 g/mol. The van der Waals surface area contributed by atoms with Crippen molar-refractivity contribution in [3.8, 4) is 22.6 Å². The molecule has 2 aromatic heterocycles. The summed E-state index contributed by atoms with van der Waals surface area (Å²) in [6.45, 7) is 1.81. The minimum atomic E-state index is -0.743. The van der Waals surface area contributed by atoms with Crippen LogP contribution in [0.4, 0.5) is 11.4 Å². The standard InChI is InChI=1S/C30H28N4O7/c1-38-30(36)19-10-20(13-22(11-19)41-21-5-7-39-8-6-21)33-27-23-3-2-17(12-26(23)32-16-25(27)29(35)34-37)24-15-31-14-18-4-9-40-28(18)24/h2-3,10-16,21,37H,4-9H2,1H3,(H,32,33)(H,34,35). The van der Waals surface area contributed by atoms with E-state index in [4.69, 9.17) is 18.9 Å². The Morgan fingerprint density at radius 2 is 1.90 bits per heavy atom. The molecule has 0 saturated carbocycles. The second-order valence-corrected chi connectivity index (χ2v) is 9.79. The Balaban J connectivity index is 1.42. The Labute approximate surface area is 235 Å². The van der Waals surface area contributed by atoms with Gasteiger partial charge in [0, 0.05) is 66.1 Å². The highest BCUT2D eigenvalue weighted by molar-refractivity contribution is 6.08. The van der Waals surface area contributed by atoms with E-state index < -0.39 is 11.9 Å². The number of hydrogen-bond acceptors (Lipinski definition) is 10. The number of anilines is 2. The number of carbonyl (C=O) groups excluding carboxylic acids is 2. The first kappa shape index (κ1) is 26.5. The molecule has 4 aromatic rings. The third-order valence-corrected chi connectivity index (χ3v) is 7.18. The number of methoxy groups -OCH3 is 1. The number of hydrogen-bond donors (Lipinski definition) is 3. The van der Waals surface area contributed by atoms with Crippen LogP contribution in [0.15, 0.2) is 55.0 Å². The van der Waals surface area contributed by atoms with E-state index in [-0.39, 0.29) is 17.2 Å². The Bertz CT molecular complexity index is 1640. The third-order valence-electron chi connectivity index (χ3n) is 7.18. The fraction of sp³-hybridized carbons (Fsp3) is 0.267. The lowest BCUT2D eigenvalue weighted by molar-refractivity contribution is 0.0254. The van der Waals surface area contributed by atoms with E-state index >= 15 is 0 Å². The molecule has 0 spiro atoms. The van der Waals surface area contributed by atoms with Crippen LogP contribution in [0, 0.1) is 0 Å². The summed E-state index contributed by atoms with van der Waals surface area (Å²) in [5.41, 5.74) is 6.31. The van der Waals surface area contributed by atoms with Gasteiger partial charge in [-0.15, -0.1) is 0 Å². The van der Waals surface area contributed by atoms with Crippen molar-refractivity contribution in [1.29, 1.82) is 0 Å². The normalized spacial score (nSPS) is 14.7. The first-order valence-corrected chi connectivity index (χ1v) is 13.3. The number of aromatic nitrogens is 2. The monoisotopic (exact) mass is 556 g/mol. The maximum atomic E-state index is 12.7. The highest BCUT2D eigenvalue weighted by atomic mass is 16.5. The lowest BCUT2D eigenvalue weighted by Crippen LogP contribution is -2.26. The van der Waals surface area contributed by atoms with Gasteiger partial charge in [0.2, 0.25) is 0 Å². The van der Waals surface area contributed by atoms with Crippen LogP contribution in [0.5, 0.6) is 11.5 Å². The molecule has 0 unspecified atom stereocenters. The van der Waals surface area contributed by atoms with Gasteiger partial charge < -0.3 is 24.3 Å². The van der Waals surface area contributed by atoms with E-state index in [9.17, 15) is 14.8 Å². The van der Waals surface area contributed by atoms with Gasteiger partial charge in [0.25, 0.3) is 5.91 Å². The van der Waals surface area contributed by atoms with Gasteiger partial charge in [-0.25, -0.2) is 10.3 Å². The van der Waals surface area contributed by atoms with Crippen LogP contribution in [0.1, 0.15) is 39.1 Å². The zero-order valence-corrected chi connectivity index (χ0v) is 22.3. The van der Waals surface area contributed by atoms with Gasteiger partial charge in [-0.2, -0.15) is 0 Å². The van der Waals surface area contributed by atoms with Gasteiger partial charge in [-0.1, -0.05) is 12.1 Å². The van der Waals surface area contributed by atoms with Crippen LogP contribution in [0.25, 0.3) is 22.0 Å². The number of nitrogens with one attached hydrogen (secondary N) is 2. The maximum Gasteiger partial charge on any atom is 0.338 e. The SMILES string of the molecule is COC(=O)c1cc(Nc2c(C(=O)NO)cnc3cc(-c4cncc5c4OCC5)ccc23)cc(OC2CCOCC2)c1. The molecule has 6 rings (SSSR count). The zero-order chi connectivity index (χ0) is 28.3. The predicted octanol–water partition coefficient (Wildman–Crippen LogP) is 4.44. The smallest absolute Gasteiger partial charge is 0.338 e. The number of amides is 1. The van der Waals surface area contributed by atoms with Gasteiger partial charge in [0.15, 0.2) is 0 Å². The summed E-state index contributed by atoms with van der Waals surface area (Å²) in [6, 6.07) is 10.6. The van der Waals surface area contributed by atoms with Gasteiger partial charge in [0.1, 0.15) is 17.6 Å². The Morgan fingerprint density at radius 1 is 1.05 bits per heavy atom. The molecule has 210 valence electrons. The van der Waals surface area contributed by atoms with Crippen LogP contribution >= 0.6 is 0 Å². The predicted molar refractivity (Wildman–Crippen MR) is 149 cm³/mol. The van der Waals surface area contributed by atoms with Crippen LogP contribution < -0.4 is 20.3 Å². The first-order valence-electron chi connectivity index (χ1n) is 13.3. The fourth-order valence-corrected chi connectivity index (χ4v) is 5.14. The van der Waals surface area contributed by atoms with Crippen LogP contribution in [0.3, 0.4) is 0 Å². The van der Waals surface area contributed by atoms with Crippen molar-refractivity contribution in [3.05, 3.63) is 71.7 Å². The number of pyridine rings is 2. The van der Waals surface area contributed by atoms with Gasteiger partial charge in [-0.05, 0) is 23.8 Å². The quantitative estimate of drug-likeness (QED) is 0.170.